The summed E-state index contributed by atoms with van der Waals surface area (Å²) in [5.41, 5.74) is 2.07. The van der Waals surface area contributed by atoms with Crippen LogP contribution in [0.4, 0.5) is 0 Å². The first-order valence-corrected chi connectivity index (χ1v) is 9.74. The maximum Gasteiger partial charge on any atom is 0.228 e. The molecule has 0 unspecified atom stereocenters. The van der Waals surface area contributed by atoms with Gasteiger partial charge in [0.15, 0.2) is 5.96 Å². The van der Waals surface area contributed by atoms with Gasteiger partial charge in [-0.15, -0.1) is 0 Å². The van der Waals surface area contributed by atoms with Crippen LogP contribution in [0.2, 0.25) is 5.02 Å². The number of benzene rings is 2. The molecular formula is C21H24ClN5O2. The van der Waals surface area contributed by atoms with Crippen LogP contribution in [-0.4, -0.2) is 42.8 Å². The summed E-state index contributed by atoms with van der Waals surface area (Å²) >= 11 is 5.90. The van der Waals surface area contributed by atoms with E-state index in [1.165, 1.54) is 5.56 Å². The zero-order valence-corrected chi connectivity index (χ0v) is 17.2. The van der Waals surface area contributed by atoms with Crippen molar-refractivity contribution >= 4 is 17.6 Å². The van der Waals surface area contributed by atoms with Gasteiger partial charge in [0.2, 0.25) is 11.7 Å². The number of aromatic nitrogens is 2. The van der Waals surface area contributed by atoms with Crippen LogP contribution in [0.5, 0.6) is 5.75 Å². The Kier molecular flexibility index (Phi) is 7.47. The van der Waals surface area contributed by atoms with Crippen LogP contribution in [0.25, 0.3) is 11.4 Å². The van der Waals surface area contributed by atoms with Gasteiger partial charge in [0.1, 0.15) is 12.4 Å². The van der Waals surface area contributed by atoms with Gasteiger partial charge < -0.3 is 19.9 Å². The van der Waals surface area contributed by atoms with Gasteiger partial charge in [0, 0.05) is 30.6 Å². The third-order valence-corrected chi connectivity index (χ3v) is 4.36. The van der Waals surface area contributed by atoms with Gasteiger partial charge in [-0.25, -0.2) is 0 Å². The van der Waals surface area contributed by atoms with Crippen molar-refractivity contribution in [3.63, 3.8) is 0 Å². The maximum atomic E-state index is 5.90. The number of guanidine groups is 1. The molecule has 0 saturated carbocycles. The lowest BCUT2D eigenvalue weighted by Gasteiger charge is -2.12. The van der Waals surface area contributed by atoms with Gasteiger partial charge in [0.25, 0.3) is 0 Å². The first-order valence-electron chi connectivity index (χ1n) is 9.36. The van der Waals surface area contributed by atoms with Crippen molar-refractivity contribution in [3.05, 3.63) is 65.0 Å². The molecule has 0 amide bonds. The molecule has 0 bridgehead atoms. The second-order valence-electron chi connectivity index (χ2n) is 6.36. The highest BCUT2D eigenvalue weighted by Crippen LogP contribution is 2.18. The van der Waals surface area contributed by atoms with E-state index >= 15 is 0 Å². The number of hydrogen-bond acceptors (Lipinski definition) is 5. The number of ether oxygens (including phenoxy) is 1. The molecule has 0 spiro atoms. The minimum Gasteiger partial charge on any atom is -0.492 e. The minimum absolute atomic E-state index is 0.540. The Morgan fingerprint density at radius 2 is 1.79 bits per heavy atom. The molecule has 29 heavy (non-hydrogen) atoms. The van der Waals surface area contributed by atoms with E-state index < -0.39 is 0 Å². The summed E-state index contributed by atoms with van der Waals surface area (Å²) in [6.45, 7) is 3.83. The van der Waals surface area contributed by atoms with Crippen molar-refractivity contribution in [2.45, 2.75) is 13.3 Å². The molecule has 152 valence electrons. The van der Waals surface area contributed by atoms with Gasteiger partial charge in [-0.05, 0) is 43.3 Å². The van der Waals surface area contributed by atoms with Gasteiger partial charge in [-0.3, -0.25) is 4.99 Å². The van der Waals surface area contributed by atoms with E-state index in [1.807, 2.05) is 43.3 Å². The average molecular weight is 414 g/mol. The Labute approximate surface area is 175 Å². The zero-order chi connectivity index (χ0) is 20.5. The van der Waals surface area contributed by atoms with E-state index in [-0.39, 0.29) is 0 Å². The largest absolute Gasteiger partial charge is 0.492 e. The fraction of sp³-hybridized carbons (Fsp3) is 0.286. The molecule has 0 aliphatic carbocycles. The summed E-state index contributed by atoms with van der Waals surface area (Å²) in [6.07, 6.45) is 0.584. The summed E-state index contributed by atoms with van der Waals surface area (Å²) in [6, 6.07) is 15.3. The lowest BCUT2D eigenvalue weighted by Crippen LogP contribution is -2.40. The van der Waals surface area contributed by atoms with Crippen molar-refractivity contribution in [1.29, 1.82) is 0 Å². The van der Waals surface area contributed by atoms with E-state index in [0.29, 0.717) is 48.8 Å². The number of rotatable bonds is 8. The number of aryl methyl sites for hydroxylation is 1. The average Bonchev–Trinajstić information content (AvgIpc) is 3.20. The monoisotopic (exact) mass is 413 g/mol. The van der Waals surface area contributed by atoms with Gasteiger partial charge in [-0.1, -0.05) is 34.5 Å². The molecule has 0 aliphatic heterocycles. The fourth-order valence-electron chi connectivity index (χ4n) is 2.55. The van der Waals surface area contributed by atoms with Crippen molar-refractivity contribution in [2.24, 2.45) is 4.99 Å². The number of aliphatic imine (C=N–C) groups is 1. The molecule has 3 aromatic rings. The van der Waals surface area contributed by atoms with Crippen LogP contribution in [0, 0.1) is 6.92 Å². The number of nitrogens with one attached hydrogen (secondary N) is 2. The van der Waals surface area contributed by atoms with Gasteiger partial charge >= 0.3 is 0 Å². The number of halogens is 1. The second kappa shape index (κ2) is 10.5. The molecule has 8 heteroatoms. The Morgan fingerprint density at radius 3 is 2.52 bits per heavy atom. The molecule has 2 N–H and O–H groups in total. The van der Waals surface area contributed by atoms with Crippen LogP contribution >= 0.6 is 11.6 Å². The predicted molar refractivity (Wildman–Crippen MR) is 114 cm³/mol. The SMILES string of the molecule is CN=C(NCCOc1ccc(C)cc1)NCCc1nc(-c2ccc(Cl)cc2)no1. The Balaban J connectivity index is 1.37. The smallest absolute Gasteiger partial charge is 0.228 e. The summed E-state index contributed by atoms with van der Waals surface area (Å²) in [7, 11) is 1.72. The molecule has 0 fully saturated rings. The first-order chi connectivity index (χ1) is 14.1. The molecule has 0 atom stereocenters. The molecule has 2 aromatic carbocycles. The minimum atomic E-state index is 0.540. The Morgan fingerprint density at radius 1 is 1.07 bits per heavy atom. The lowest BCUT2D eigenvalue weighted by molar-refractivity contribution is 0.322. The van der Waals surface area contributed by atoms with E-state index in [4.69, 9.17) is 20.9 Å². The van der Waals surface area contributed by atoms with Gasteiger partial charge in [0.05, 0.1) is 6.54 Å². The lowest BCUT2D eigenvalue weighted by atomic mass is 10.2. The summed E-state index contributed by atoms with van der Waals surface area (Å²) in [5, 5.41) is 11.1. The quantitative estimate of drug-likeness (QED) is 0.334. The summed E-state index contributed by atoms with van der Waals surface area (Å²) in [5.74, 6) is 2.65. The third kappa shape index (κ3) is 6.50. The van der Waals surface area contributed by atoms with E-state index in [0.717, 1.165) is 11.3 Å². The number of hydrogen-bond donors (Lipinski definition) is 2. The fourth-order valence-corrected chi connectivity index (χ4v) is 2.68. The third-order valence-electron chi connectivity index (χ3n) is 4.11. The predicted octanol–water partition coefficient (Wildman–Crippen LogP) is 3.48. The van der Waals surface area contributed by atoms with Crippen LogP contribution in [-0.2, 0) is 6.42 Å². The highest BCUT2D eigenvalue weighted by atomic mass is 35.5. The maximum absolute atomic E-state index is 5.90. The van der Waals surface area contributed by atoms with E-state index in [2.05, 4.69) is 25.8 Å². The highest BCUT2D eigenvalue weighted by molar-refractivity contribution is 6.30. The first kappa shape index (κ1) is 20.7. The van der Waals surface area contributed by atoms with E-state index in [9.17, 15) is 0 Å². The summed E-state index contributed by atoms with van der Waals surface area (Å²) < 4.78 is 11.0. The molecule has 0 aliphatic rings. The molecule has 0 radical (unpaired) electrons. The molecule has 3 rings (SSSR count). The molecule has 7 nitrogen and oxygen atoms in total. The van der Waals surface area contributed by atoms with Crippen molar-refractivity contribution < 1.29 is 9.26 Å². The van der Waals surface area contributed by atoms with Crippen molar-refractivity contribution in [1.82, 2.24) is 20.8 Å². The van der Waals surface area contributed by atoms with E-state index in [1.54, 1.807) is 19.2 Å². The summed E-state index contributed by atoms with van der Waals surface area (Å²) in [4.78, 5) is 8.60. The van der Waals surface area contributed by atoms with Crippen molar-refractivity contribution in [3.8, 4) is 17.1 Å². The van der Waals surface area contributed by atoms with Crippen LogP contribution in [0.1, 0.15) is 11.5 Å². The van der Waals surface area contributed by atoms with Gasteiger partial charge in [-0.2, -0.15) is 4.98 Å². The second-order valence-corrected chi connectivity index (χ2v) is 6.79. The van der Waals surface area contributed by atoms with Crippen LogP contribution in [0.3, 0.4) is 0 Å². The number of nitrogens with zero attached hydrogens (tertiary/aromatic N) is 3. The molecule has 1 heterocycles. The zero-order valence-electron chi connectivity index (χ0n) is 16.5. The molecule has 1 aromatic heterocycles. The molecule has 0 saturated heterocycles. The highest BCUT2D eigenvalue weighted by Gasteiger charge is 2.08. The topological polar surface area (TPSA) is 84.6 Å². The Bertz CT molecular complexity index is 923. The standard InChI is InChI=1S/C21H24ClN5O2/c1-15-3-9-18(10-4-15)28-14-13-25-21(23-2)24-12-11-19-26-20(27-29-19)16-5-7-17(22)8-6-16/h3-10H,11-14H2,1-2H3,(H2,23,24,25). The molecular weight excluding hydrogens is 390 g/mol. The van der Waals surface area contributed by atoms with Crippen molar-refractivity contribution in [2.75, 3.05) is 26.7 Å². The Hall–Kier alpha value is -3.06. The normalized spacial score (nSPS) is 11.3. The van der Waals surface area contributed by atoms with Crippen LogP contribution in [0.15, 0.2) is 58.0 Å². The van der Waals surface area contributed by atoms with Crippen LogP contribution < -0.4 is 15.4 Å².